The number of hydrogen-bond donors (Lipinski definition) is 2. The van der Waals surface area contributed by atoms with Crippen LogP contribution in [0.3, 0.4) is 0 Å². The first kappa shape index (κ1) is 23.8. The number of Topliss-reactive ketones (excluding diaryl/α,β-unsaturated/α-hetero) is 1. The maximum Gasteiger partial charge on any atom is 0.251 e. The molecule has 0 aliphatic carbocycles. The summed E-state index contributed by atoms with van der Waals surface area (Å²) >= 11 is 1.45. The van der Waals surface area contributed by atoms with Crippen molar-refractivity contribution in [2.45, 2.75) is 39.3 Å². The number of nitrogens with zero attached hydrogens (tertiary/aromatic N) is 1. The molecule has 3 rings (SSSR count). The number of piperidine rings is 1. The summed E-state index contributed by atoms with van der Waals surface area (Å²) in [5.41, 5.74) is 9.24. The van der Waals surface area contributed by atoms with Gasteiger partial charge in [-0.15, -0.1) is 11.3 Å². The van der Waals surface area contributed by atoms with Gasteiger partial charge in [0, 0.05) is 38.9 Å². The lowest BCUT2D eigenvalue weighted by atomic mass is 10.0. The maximum atomic E-state index is 12.7. The topological polar surface area (TPSA) is 84.7 Å². The van der Waals surface area contributed by atoms with Crippen LogP contribution in [0, 0.1) is 0 Å². The van der Waals surface area contributed by atoms with Crippen molar-refractivity contribution in [1.29, 1.82) is 0 Å². The summed E-state index contributed by atoms with van der Waals surface area (Å²) in [6.45, 7) is 9.49. The fourth-order valence-corrected chi connectivity index (χ4v) is 5.07. The molecule has 2 heterocycles. The number of likely N-dealkylation sites (tertiary alicyclic amines) is 1. The number of ether oxygens (including phenoxy) is 1. The highest BCUT2D eigenvalue weighted by Gasteiger charge is 2.20. The zero-order valence-electron chi connectivity index (χ0n) is 18.9. The minimum atomic E-state index is -0.0852. The van der Waals surface area contributed by atoms with Crippen molar-refractivity contribution < 1.29 is 14.3 Å². The number of thiophene rings is 1. The van der Waals surface area contributed by atoms with Crippen LogP contribution in [0.15, 0.2) is 42.3 Å². The Hall–Kier alpha value is -2.90. The molecule has 6 nitrogen and oxygen atoms in total. The Kier molecular flexibility index (Phi) is 7.88. The monoisotopic (exact) mass is 453 g/mol. The maximum absolute atomic E-state index is 12.7. The van der Waals surface area contributed by atoms with Gasteiger partial charge < -0.3 is 20.7 Å². The van der Waals surface area contributed by atoms with Gasteiger partial charge >= 0.3 is 0 Å². The average Bonchev–Trinajstić information content (AvgIpc) is 3.18. The molecular weight excluding hydrogens is 422 g/mol. The van der Waals surface area contributed by atoms with Crippen LogP contribution in [0.1, 0.15) is 53.1 Å². The molecular formula is C25H31N3O3S. The number of amides is 1. The van der Waals surface area contributed by atoms with E-state index < -0.39 is 0 Å². The Balaban J connectivity index is 1.70. The van der Waals surface area contributed by atoms with Crippen LogP contribution < -0.4 is 15.8 Å². The van der Waals surface area contributed by atoms with Crippen molar-refractivity contribution in [3.8, 4) is 5.75 Å². The highest BCUT2D eigenvalue weighted by molar-refractivity contribution is 7.12. The molecule has 0 saturated carbocycles. The molecule has 0 bridgehead atoms. The number of rotatable bonds is 8. The van der Waals surface area contributed by atoms with Crippen molar-refractivity contribution in [3.63, 3.8) is 0 Å². The van der Waals surface area contributed by atoms with E-state index in [1.807, 2.05) is 24.4 Å². The van der Waals surface area contributed by atoms with E-state index >= 15 is 0 Å². The van der Waals surface area contributed by atoms with E-state index in [0.717, 1.165) is 41.9 Å². The van der Waals surface area contributed by atoms with E-state index in [4.69, 9.17) is 10.5 Å². The Bertz CT molecular complexity index is 1030. The molecule has 1 aliphatic heterocycles. The van der Waals surface area contributed by atoms with E-state index in [1.165, 1.54) is 18.3 Å². The molecule has 0 radical (unpaired) electrons. The number of carbonyl (C=O) groups excluding carboxylic acids is 2. The van der Waals surface area contributed by atoms with Crippen LogP contribution in [0.2, 0.25) is 0 Å². The molecule has 1 saturated heterocycles. The van der Waals surface area contributed by atoms with Crippen LogP contribution in [-0.2, 0) is 11.4 Å². The number of allylic oxidation sites excluding steroid dienone is 2. The number of ketones is 1. The van der Waals surface area contributed by atoms with Crippen molar-refractivity contribution >= 4 is 34.3 Å². The number of carbonyl (C=O) groups is 2. The second-order valence-corrected chi connectivity index (χ2v) is 9.00. The van der Waals surface area contributed by atoms with Crippen LogP contribution in [0.25, 0.3) is 11.3 Å². The van der Waals surface area contributed by atoms with Crippen molar-refractivity contribution in [3.05, 3.63) is 63.9 Å². The number of hydrogen-bond acceptors (Lipinski definition) is 6. The lowest BCUT2D eigenvalue weighted by Crippen LogP contribution is -2.43. The third-order valence-electron chi connectivity index (χ3n) is 5.65. The van der Waals surface area contributed by atoms with E-state index in [2.05, 4.69) is 23.8 Å². The zero-order valence-corrected chi connectivity index (χ0v) is 19.8. The summed E-state index contributed by atoms with van der Waals surface area (Å²) in [5.74, 6) is 0.492. The van der Waals surface area contributed by atoms with Gasteiger partial charge in [0.15, 0.2) is 5.78 Å². The van der Waals surface area contributed by atoms with Gasteiger partial charge in [0.2, 0.25) is 0 Å². The smallest absolute Gasteiger partial charge is 0.251 e. The first-order valence-electron chi connectivity index (χ1n) is 10.7. The van der Waals surface area contributed by atoms with Gasteiger partial charge in [0.05, 0.1) is 0 Å². The number of nitrogens with two attached hydrogens (primary N) is 1. The Morgan fingerprint density at radius 2 is 2.06 bits per heavy atom. The quantitative estimate of drug-likeness (QED) is 0.589. The molecule has 1 aromatic heterocycles. The second-order valence-electron chi connectivity index (χ2n) is 8.12. The van der Waals surface area contributed by atoms with E-state index in [9.17, 15) is 9.59 Å². The van der Waals surface area contributed by atoms with Gasteiger partial charge in [-0.1, -0.05) is 18.7 Å². The molecule has 7 heteroatoms. The molecule has 1 aromatic carbocycles. The Morgan fingerprint density at radius 3 is 2.69 bits per heavy atom. The Morgan fingerprint density at radius 1 is 1.34 bits per heavy atom. The highest BCUT2D eigenvalue weighted by atomic mass is 32.1. The van der Waals surface area contributed by atoms with E-state index in [-0.39, 0.29) is 24.3 Å². The normalized spacial score (nSPS) is 15.4. The fraction of sp³-hybridized carbons (Fsp3) is 0.360. The number of benzene rings is 1. The van der Waals surface area contributed by atoms with Crippen molar-refractivity contribution in [2.24, 2.45) is 5.73 Å². The first-order valence-corrected chi connectivity index (χ1v) is 11.6. The Labute approximate surface area is 193 Å². The van der Waals surface area contributed by atoms with E-state index in [1.54, 1.807) is 18.2 Å². The summed E-state index contributed by atoms with van der Waals surface area (Å²) in [6.07, 6.45) is 3.70. The summed E-state index contributed by atoms with van der Waals surface area (Å²) < 4.78 is 5.98. The summed E-state index contributed by atoms with van der Waals surface area (Å²) in [7, 11) is 2.10. The largest absolute Gasteiger partial charge is 0.489 e. The zero-order chi connectivity index (χ0) is 23.3. The average molecular weight is 454 g/mol. The molecule has 32 heavy (non-hydrogen) atoms. The predicted octanol–water partition coefficient (Wildman–Crippen LogP) is 4.07. The van der Waals surface area contributed by atoms with Gasteiger partial charge in [0.1, 0.15) is 12.4 Å². The molecule has 1 fully saturated rings. The van der Waals surface area contributed by atoms with Gasteiger partial charge in [-0.25, -0.2) is 0 Å². The lowest BCUT2D eigenvalue weighted by molar-refractivity contribution is -0.111. The minimum Gasteiger partial charge on any atom is -0.489 e. The van der Waals surface area contributed by atoms with Gasteiger partial charge in [-0.3, -0.25) is 9.59 Å². The molecule has 3 N–H and O–H groups in total. The molecule has 0 spiro atoms. The van der Waals surface area contributed by atoms with Crippen LogP contribution in [-0.4, -0.2) is 42.8 Å². The second kappa shape index (κ2) is 10.6. The number of nitrogens with one attached hydrogen (secondary N) is 1. The minimum absolute atomic E-state index is 0.0207. The van der Waals surface area contributed by atoms with Gasteiger partial charge in [0.25, 0.3) is 5.91 Å². The summed E-state index contributed by atoms with van der Waals surface area (Å²) in [4.78, 5) is 27.8. The SMILES string of the molecule is C=C(N)c1c(COc2cccc(C(=O)NC3CCN(C)CC3)c2)csc1/C(=C\C)C(C)=O. The highest BCUT2D eigenvalue weighted by Crippen LogP contribution is 2.33. The fourth-order valence-electron chi connectivity index (χ4n) is 3.85. The molecule has 170 valence electrons. The summed E-state index contributed by atoms with van der Waals surface area (Å²) in [6, 6.07) is 7.38. The molecule has 1 amide bonds. The molecule has 2 aromatic rings. The van der Waals surface area contributed by atoms with Crippen molar-refractivity contribution in [1.82, 2.24) is 10.2 Å². The molecule has 0 unspecified atom stereocenters. The van der Waals surface area contributed by atoms with Crippen LogP contribution in [0.5, 0.6) is 5.75 Å². The lowest BCUT2D eigenvalue weighted by Gasteiger charge is -2.29. The van der Waals surface area contributed by atoms with Crippen molar-refractivity contribution in [2.75, 3.05) is 20.1 Å². The molecule has 0 atom stereocenters. The predicted molar refractivity (Wildman–Crippen MR) is 131 cm³/mol. The third-order valence-corrected chi connectivity index (χ3v) is 6.71. The first-order chi connectivity index (χ1) is 15.3. The van der Waals surface area contributed by atoms with Crippen LogP contribution >= 0.6 is 11.3 Å². The van der Waals surface area contributed by atoms with Gasteiger partial charge in [-0.2, -0.15) is 0 Å². The molecule has 1 aliphatic rings. The van der Waals surface area contributed by atoms with Crippen LogP contribution in [0.4, 0.5) is 0 Å². The van der Waals surface area contributed by atoms with E-state index in [0.29, 0.717) is 22.6 Å². The standard InChI is InChI=1S/C25H31N3O3S/c1-5-22(17(3)29)24-23(16(2)26)19(15-32-24)14-31-21-8-6-7-18(13-21)25(30)27-20-9-11-28(4)12-10-20/h5-8,13,15,20H,2,9-12,14,26H2,1,3-4H3,(H,27,30)/b22-5-. The third kappa shape index (κ3) is 5.66. The summed E-state index contributed by atoms with van der Waals surface area (Å²) in [5, 5.41) is 5.06. The van der Waals surface area contributed by atoms with Gasteiger partial charge in [-0.05, 0) is 70.4 Å².